The minimum Gasteiger partial charge on any atom is -0.412 e. The van der Waals surface area contributed by atoms with Crippen LogP contribution < -0.4 is 0 Å². The van der Waals surface area contributed by atoms with Crippen LogP contribution in [-0.4, -0.2) is 13.5 Å². The molecule has 0 aromatic heterocycles. The van der Waals surface area contributed by atoms with Gasteiger partial charge < -0.3 is 16.7 Å². The van der Waals surface area contributed by atoms with Gasteiger partial charge in [-0.3, -0.25) is 0 Å². The number of halogens is 1. The van der Waals surface area contributed by atoms with E-state index in [2.05, 4.69) is 153 Å². The molecule has 0 aliphatic heterocycles. The summed E-state index contributed by atoms with van der Waals surface area (Å²) < 4.78 is 0. The molecule has 0 aliphatic rings. The summed E-state index contributed by atoms with van der Waals surface area (Å²) in [5, 5.41) is 7.97. The Hall–Kier alpha value is -2.64. The Bertz CT molecular complexity index is 1490. The van der Waals surface area contributed by atoms with Crippen LogP contribution >= 0.6 is 11.6 Å². The van der Waals surface area contributed by atoms with Crippen LogP contribution in [-0.2, 0) is 26.2 Å². The van der Waals surface area contributed by atoms with Crippen LogP contribution in [0.4, 0.5) is 0 Å². The molecule has 1 radical (unpaired) electrons. The number of fused-ring (bicyclic) bond motifs is 2. The van der Waals surface area contributed by atoms with Crippen molar-refractivity contribution in [2.45, 2.75) is 26.9 Å². The molecule has 0 fully saturated rings. The van der Waals surface area contributed by atoms with E-state index < -0.39 is 0 Å². The fraction of sp³-hybridized carbons (Fsp3) is 0.114. The molecule has 0 aliphatic carbocycles. The van der Waals surface area contributed by atoms with Crippen molar-refractivity contribution in [3.8, 4) is 22.3 Å². The van der Waals surface area contributed by atoms with Crippen molar-refractivity contribution in [1.29, 1.82) is 0 Å². The van der Waals surface area contributed by atoms with Crippen molar-refractivity contribution in [2.24, 2.45) is 0 Å². The summed E-state index contributed by atoms with van der Waals surface area (Å²) in [7, 11) is -0.359. The third-order valence-electron chi connectivity index (χ3n) is 6.15. The molecule has 0 saturated heterocycles. The summed E-state index contributed by atoms with van der Waals surface area (Å²) in [5.41, 5.74) is 7.89. The summed E-state index contributed by atoms with van der Waals surface area (Å²) in [6, 6.07) is 43.1. The largest absolute Gasteiger partial charge is 3.00 e. The van der Waals surface area contributed by atoms with Gasteiger partial charge >= 0.3 is 26.2 Å². The van der Waals surface area contributed by atoms with Crippen LogP contribution in [0.5, 0.6) is 0 Å². The summed E-state index contributed by atoms with van der Waals surface area (Å²) in [6.07, 6.45) is 0. The summed E-state index contributed by atoms with van der Waals surface area (Å²) in [4.78, 5) is 0. The van der Waals surface area contributed by atoms with Gasteiger partial charge in [-0.1, -0.05) is 111 Å². The summed E-state index contributed by atoms with van der Waals surface area (Å²) in [5.74, 6) is 0. The Morgan fingerprint density at radius 1 is 0.579 bits per heavy atom. The molecule has 3 heteroatoms. The molecule has 6 rings (SSSR count). The van der Waals surface area contributed by atoms with Gasteiger partial charge in [0, 0.05) is 0 Å². The van der Waals surface area contributed by atoms with Crippen molar-refractivity contribution >= 4 is 46.7 Å². The quantitative estimate of drug-likeness (QED) is 0.136. The normalized spacial score (nSPS) is 10.0. The monoisotopic (exact) mass is 605 g/mol. The molecular formula is C35H32ClSiZr. The number of hydrogen-bond donors (Lipinski definition) is 0. The van der Waals surface area contributed by atoms with Crippen molar-refractivity contribution in [3.63, 3.8) is 0 Å². The molecule has 0 amide bonds. The zero-order valence-electron chi connectivity index (χ0n) is 22.4. The van der Waals surface area contributed by atoms with E-state index in [1.165, 1.54) is 54.9 Å². The molecular weight excluding hydrogens is 575 g/mol. The first-order valence-corrected chi connectivity index (χ1v) is 15.4. The first-order chi connectivity index (χ1) is 18.0. The van der Waals surface area contributed by atoms with Gasteiger partial charge in [-0.05, 0) is 11.1 Å². The number of benzene rings is 4. The van der Waals surface area contributed by atoms with E-state index in [4.69, 9.17) is 11.6 Å². The van der Waals surface area contributed by atoms with Gasteiger partial charge in [-0.15, -0.1) is 69.1 Å². The fourth-order valence-electron chi connectivity index (χ4n) is 4.51. The number of rotatable bonds is 2. The molecule has 0 saturated carbocycles. The molecule has 0 atom stereocenters. The molecule has 6 aromatic rings. The van der Waals surface area contributed by atoms with Crippen molar-refractivity contribution < 1.29 is 26.2 Å². The fourth-order valence-corrected chi connectivity index (χ4v) is 4.51. The summed E-state index contributed by atoms with van der Waals surface area (Å²) >= 11 is 5.13. The van der Waals surface area contributed by atoms with Gasteiger partial charge in [0.25, 0.3) is 0 Å². The summed E-state index contributed by atoms with van der Waals surface area (Å²) in [6.45, 7) is 8.46. The molecule has 0 N–H and O–H groups in total. The molecule has 0 heterocycles. The second-order valence-corrected chi connectivity index (χ2v) is 12.3. The van der Waals surface area contributed by atoms with Gasteiger partial charge in [0.05, 0.1) is 0 Å². The molecule has 38 heavy (non-hydrogen) atoms. The molecule has 0 spiro atoms. The SMILES string of the molecule is C[Si](C)=[C-]Cl.Cc1cc2c(-c3ccccc3)cccc2[cH-]1.Cc1cc2c(-c3ccccc3)cccc2[cH-]1.[Zr+3]. The third kappa shape index (κ3) is 7.70. The predicted octanol–water partition coefficient (Wildman–Crippen LogP) is 10.3. The minimum absolute atomic E-state index is 0. The first kappa shape index (κ1) is 29.9. The Morgan fingerprint density at radius 3 is 1.29 bits per heavy atom. The van der Waals surface area contributed by atoms with E-state index in [1.807, 2.05) is 0 Å². The molecule has 0 unspecified atom stereocenters. The van der Waals surface area contributed by atoms with Crippen LogP contribution in [0.25, 0.3) is 43.8 Å². The Labute approximate surface area is 253 Å². The van der Waals surface area contributed by atoms with Crippen LogP contribution in [0.15, 0.2) is 121 Å². The average Bonchev–Trinajstić information content (AvgIpc) is 3.50. The average molecular weight is 607 g/mol. The van der Waals surface area contributed by atoms with E-state index in [0.717, 1.165) is 0 Å². The third-order valence-corrected chi connectivity index (χ3v) is 7.66. The van der Waals surface area contributed by atoms with E-state index in [9.17, 15) is 0 Å². The topological polar surface area (TPSA) is 0 Å². The zero-order chi connectivity index (χ0) is 26.2. The maximum atomic E-state index is 5.13. The number of hydrogen-bond acceptors (Lipinski definition) is 0. The second-order valence-electron chi connectivity index (χ2n) is 9.51. The maximum Gasteiger partial charge on any atom is 3.00 e. The van der Waals surface area contributed by atoms with Crippen LogP contribution in [0, 0.1) is 13.8 Å². The van der Waals surface area contributed by atoms with Gasteiger partial charge in [-0.25, -0.2) is 0 Å². The van der Waals surface area contributed by atoms with Gasteiger partial charge in [0.2, 0.25) is 0 Å². The van der Waals surface area contributed by atoms with E-state index >= 15 is 0 Å². The Morgan fingerprint density at radius 2 is 0.947 bits per heavy atom. The minimum atomic E-state index is -0.359. The van der Waals surface area contributed by atoms with Crippen molar-refractivity contribution in [3.05, 3.63) is 132 Å². The molecule has 187 valence electrons. The molecule has 6 aromatic carbocycles. The van der Waals surface area contributed by atoms with Crippen molar-refractivity contribution in [1.82, 2.24) is 0 Å². The maximum absolute atomic E-state index is 5.13. The first-order valence-electron chi connectivity index (χ1n) is 12.6. The molecule has 0 bridgehead atoms. The Kier molecular flexibility index (Phi) is 11.4. The van der Waals surface area contributed by atoms with E-state index in [-0.39, 0.29) is 34.6 Å². The smallest absolute Gasteiger partial charge is 0.412 e. The van der Waals surface area contributed by atoms with Crippen LogP contribution in [0.2, 0.25) is 13.1 Å². The zero-order valence-corrected chi connectivity index (χ0v) is 26.6. The van der Waals surface area contributed by atoms with Crippen LogP contribution in [0.3, 0.4) is 0 Å². The predicted molar refractivity (Wildman–Crippen MR) is 168 cm³/mol. The second kappa shape index (κ2) is 14.5. The standard InChI is InChI=1S/2C16H13.C3H6ClSi.Zr/c2*1-12-10-14-8-5-9-15(16(14)11-12)13-6-3-2-4-7-13;1-5(2)3-4;/h2*2-11H,1H3;1-2H3;/q3*-1;+3. The molecule has 0 nitrogen and oxygen atoms in total. The van der Waals surface area contributed by atoms with Crippen molar-refractivity contribution in [2.75, 3.05) is 0 Å². The van der Waals surface area contributed by atoms with Gasteiger partial charge in [-0.2, -0.15) is 20.5 Å². The Balaban J connectivity index is 0.000000176. The van der Waals surface area contributed by atoms with Gasteiger partial charge in [0.15, 0.2) is 0 Å². The number of aryl methyl sites for hydroxylation is 2. The van der Waals surface area contributed by atoms with Gasteiger partial charge in [0.1, 0.15) is 0 Å². The van der Waals surface area contributed by atoms with Crippen LogP contribution in [0.1, 0.15) is 11.1 Å². The van der Waals surface area contributed by atoms with E-state index in [1.54, 1.807) is 0 Å². The van der Waals surface area contributed by atoms with E-state index in [0.29, 0.717) is 0 Å².